The summed E-state index contributed by atoms with van der Waals surface area (Å²) in [4.78, 5) is 84.3. The second-order valence-corrected chi connectivity index (χ2v) is 20.8. The largest absolute Gasteiger partial charge is 0.356 e. The molecule has 0 radical (unpaired) electrons. The Kier molecular flexibility index (Phi) is 3.15. The second kappa shape index (κ2) is 21.5. The number of nitrogens with one attached hydrogen (secondary N) is 2. The Bertz CT molecular complexity index is 3660. The number of fused-ring (bicyclic) bond motifs is 6. The number of pyridine rings is 2. The van der Waals surface area contributed by atoms with Crippen molar-refractivity contribution >= 4 is 23.4 Å². The highest BCUT2D eigenvalue weighted by Crippen LogP contribution is 2.54. The van der Waals surface area contributed by atoms with Crippen LogP contribution in [0.1, 0.15) is 359 Å². The fourth-order valence-corrected chi connectivity index (χ4v) is 12.1. The topological polar surface area (TPSA) is 178 Å². The molecule has 1 unspecified atom stereocenters. The second-order valence-electron chi connectivity index (χ2n) is 20.8. The van der Waals surface area contributed by atoms with Gasteiger partial charge in [0.1, 0.15) is 11.6 Å². The van der Waals surface area contributed by atoms with Crippen LogP contribution in [0.2, 0.25) is 0 Å². The molecule has 2 amide bonds. The van der Waals surface area contributed by atoms with Gasteiger partial charge in [-0.1, -0.05) is 58.0 Å². The highest BCUT2D eigenvalue weighted by molar-refractivity contribution is 6.00. The van der Waals surface area contributed by atoms with Crippen molar-refractivity contribution in [2.24, 2.45) is 23.7 Å². The van der Waals surface area contributed by atoms with Gasteiger partial charge in [0.05, 0.1) is 29.3 Å². The van der Waals surface area contributed by atoms with Gasteiger partial charge in [-0.25, -0.2) is 40.1 Å². The third-order valence-electron chi connectivity index (χ3n) is 16.0. The number of allylic oxidation sites excluding steroid dienone is 2. The number of hydrogen-bond acceptors (Lipinski definition) is 10. The van der Waals surface area contributed by atoms with E-state index in [4.69, 9.17) is 297 Å². The molecule has 4 heterocycles. The van der Waals surface area contributed by atoms with Gasteiger partial charge in [0.15, 0.2) is 17.4 Å². The Balaban J connectivity index is -0.0000000163. The molecule has 564 valence electrons. The SMILES string of the molecule is [3H][3H].[3H][3H].[3H][3H].[3H][3H].[3H][3H].[3H][3H].[3H][3H].[3H][3H].[3H][3H].[3H][3H].[3H][3H].[3H][3H].[3H][3H].[3H][3H].[3H][3H].[3H][3H].[3H][3H].[3H][3H].[3H][3H].[3H][3H].[3H][3H].[3H][3H].[3H][3H].[3H][3H].[3H][3H].[3H][3H].[3H][3H].[3H][3H].[3H][3H].[3H][3H].[3H][3H].[3H][3H].[3H][3H].[3H][3H].[3H][3H].[3H][3H].[3H][3H].[3H][3H].[3H][3H].[3H][3H].[3H][3H].[3H][3H].[3H][3H].[3H][3H].[3H][3H].[3H][3H].[3H][3H].[3H][3H].[3H][3H].[3H][3H].[3H][3H].[3H][3H].[3H][3H].[3H][3H].[3H][3H].[3H][3H].[3H][3H].[3H][3H].[3H][3H].[3H][3H].[3H][3H].[3H][3H].[3H][3H].[3H][3H].[3H][3H].[3H][3H].[3H][3H].[3H][3H].[3H][3H].[3H][3H].[3H][3H].[3H][3H].[3H][3H].[3H][3H].[3H][3H].[3H][3H].[3H][3H].[3H][3H].[3H][3H].[3H][3H].[3H][3H].[3H][3H].[3H][3H].[3H][3H].[3H][3H].[3H][3H].[3H][3H].[3H][3H].[3H][3H].[C-]#[N+]C1=C[C@@]2(C)c3nc(-c4ccnc(CCNC(C)=O)c4)nc(-c4ccccc4F)c3CC[C@@H]2[C@@H](C)C1=O.[C-]#[N+]C1C[C@@]2(C)c3nc(-c4ccnc(CCNC(C)=O)c4)nc(-c4ccccc4F)c3CC[C@@H]2[C@@H](C)C1=O. The zero-order chi connectivity index (χ0) is 232. The number of aromatic nitrogens is 6. The van der Waals surface area contributed by atoms with Crippen LogP contribution in [0.4, 0.5) is 8.78 Å². The van der Waals surface area contributed by atoms with Crippen molar-refractivity contribution in [2.75, 3.05) is 13.1 Å². The summed E-state index contributed by atoms with van der Waals surface area (Å²) >= 11 is 0. The first kappa shape index (κ1) is 11.1. The Morgan fingerprint density at radius 2 is 1.22 bits per heavy atom. The van der Waals surface area contributed by atoms with Crippen molar-refractivity contribution in [3.8, 4) is 45.3 Å². The maximum Gasteiger partial charge on any atom is 0.282 e. The number of carbonyl (C=O) groups is 4. The van der Waals surface area contributed by atoms with Crippen LogP contribution in [0.25, 0.3) is 55.0 Å². The van der Waals surface area contributed by atoms with Crippen LogP contribution in [0.5, 0.6) is 0 Å². The molecule has 4 aromatic heterocycles. The van der Waals surface area contributed by atoms with Gasteiger partial charge < -0.3 is 20.3 Å². The molecule has 4 aliphatic rings. The van der Waals surface area contributed by atoms with E-state index >= 15 is 8.78 Å². The molecule has 6 aromatic rings. The van der Waals surface area contributed by atoms with E-state index in [1.807, 2.05) is 45.0 Å². The lowest BCUT2D eigenvalue weighted by Gasteiger charge is -2.47. The Morgan fingerprint density at radius 1 is 0.724 bits per heavy atom. The number of rotatable bonds is 10. The standard InChI is InChI=1S/C30H30FN5O2.C30H28FN5O2.89H2/c2*1-17-23-10-9-22-26(21-7-5-6-8-24(21)31)35-29(19-11-13-34-20(15-19)12-14-33-18(2)37)36-28(22)30(23,3)16-25(32-4)27(17)38;;;;;;;;;;;;;;;;;;;;;;;;;;;;;;;;;;;;;;;;;;;;;;;;;;;;;;;;;;;;;;;;;;;;;;;;;;;;;;;;;;;;;;;;;/h5-8,11,13,15,17,23,25H,9-10,12,14,16H2,1-3H3,(H,33,37);5-8,11,13,15-17,23H,9-10,12,14H2,1-3H3,(H,33,37);89*1H/t17-,23-,25?,30-;17-,23-,30-;;;;;;;;;;;;;;;;;;;;;;;;;;;;;;;;;;;;;;;;;;;;;;;;;;;;;;;;;;;;;;;;;;;;;;;;;;;;;;;;;;;;;;;;;/m11........................................................................................./s1/i;;89*1+2T. The minimum atomic E-state index is -0.714. The smallest absolute Gasteiger partial charge is 0.282 e. The van der Waals surface area contributed by atoms with Crippen LogP contribution in [-0.2, 0) is 55.7 Å². The molecule has 0 spiro atoms. The number of Topliss-reactive ketones (excluding diaryl/α,β-unsaturated/α-hetero) is 2. The van der Waals surface area contributed by atoms with E-state index in [0.29, 0.717) is 85.8 Å². The number of nitrogens with zero attached hydrogens (tertiary/aromatic N) is 8. The van der Waals surface area contributed by atoms with Crippen LogP contribution >= 0.6 is 0 Å². The molecule has 1 saturated carbocycles. The summed E-state index contributed by atoms with van der Waals surface area (Å²) in [5.74, 6) is -0.748. The number of hydrogen-bond donors (Lipinski definition) is 2. The van der Waals surface area contributed by atoms with Crippen molar-refractivity contribution in [3.05, 3.63) is 165 Å². The van der Waals surface area contributed by atoms with Crippen LogP contribution < -0.4 is 10.6 Å². The molecule has 7 atom stereocenters. The number of benzene rings is 2. The van der Waals surface area contributed by atoms with Crippen molar-refractivity contribution in [1.82, 2.24) is 40.5 Å². The van der Waals surface area contributed by atoms with Gasteiger partial charge in [-0.05, 0) is 86.1 Å². The summed E-state index contributed by atoms with van der Waals surface area (Å²) in [7, 11) is 0. The Hall–Kier alpha value is -8.24. The van der Waals surface area contributed by atoms with E-state index in [1.165, 1.54) is 26.0 Å². The molecule has 14 nitrogen and oxygen atoms in total. The summed E-state index contributed by atoms with van der Waals surface area (Å²) in [6, 6.07) is 19.9. The first-order valence-electron chi connectivity index (χ1n) is 115. The average molecular weight is 1560 g/mol. The normalized spacial score (nSPS) is 32.5. The van der Waals surface area contributed by atoms with Crippen LogP contribution in [0.3, 0.4) is 0 Å². The summed E-state index contributed by atoms with van der Waals surface area (Å²) in [6.07, 6.45) is 9.31. The Labute approximate surface area is 715 Å². The number of halogens is 2. The van der Waals surface area contributed by atoms with Crippen LogP contribution in [0.15, 0.2) is 97.0 Å². The van der Waals surface area contributed by atoms with Crippen molar-refractivity contribution < 1.29 is 292 Å². The summed E-state index contributed by atoms with van der Waals surface area (Å²) in [6.45, 7) is 27.1. The van der Waals surface area contributed by atoms with Gasteiger partial charge >= 0.3 is 0 Å². The van der Waals surface area contributed by atoms with Gasteiger partial charge in [0, 0.05) is 390 Å². The van der Waals surface area contributed by atoms with E-state index < -0.39 is 16.9 Å². The predicted molar refractivity (Wildman–Crippen MR) is 471 cm³/mol. The number of carbonyl (C=O) groups excluding carboxylic acids is 4. The predicted octanol–water partition coefficient (Wildman–Crippen LogP) is 31.5. The monoisotopic (exact) mass is 1560 g/mol. The molecule has 4 aliphatic carbocycles. The quantitative estimate of drug-likeness (QED) is 0.125. The maximum atomic E-state index is 15.1. The zero-order valence-electron chi connectivity index (χ0n) is 221. The summed E-state index contributed by atoms with van der Waals surface area (Å²) < 4.78 is 920. The number of amides is 2. The molecular weight excluding hydrogens is 963 g/mol. The molecule has 0 bridgehead atoms. The van der Waals surface area contributed by atoms with Gasteiger partial charge in [0.25, 0.3) is 6.04 Å². The highest BCUT2D eigenvalue weighted by atomic mass is 19.1. The highest BCUT2D eigenvalue weighted by Gasteiger charge is 2.56. The zero-order valence-corrected chi connectivity index (χ0v) is 43.4. The van der Waals surface area contributed by atoms with E-state index in [9.17, 15) is 19.2 Å². The molecule has 1 fully saturated rings. The molecule has 0 aliphatic heterocycles. The molecule has 0 saturated heterocycles. The van der Waals surface area contributed by atoms with Crippen molar-refractivity contribution in [1.29, 1.82) is 0 Å². The van der Waals surface area contributed by atoms with E-state index in [1.54, 1.807) is 54.9 Å². The summed E-state index contributed by atoms with van der Waals surface area (Å²) in [5, 5.41) is 5.56. The van der Waals surface area contributed by atoms with Crippen LogP contribution in [0, 0.1) is 48.5 Å². The fourth-order valence-electron chi connectivity index (χ4n) is 12.1. The van der Waals surface area contributed by atoms with E-state index in [-0.39, 0.29) is 64.4 Å². The third-order valence-corrected chi connectivity index (χ3v) is 16.0. The Morgan fingerprint density at radius 3 is 1.72 bits per heavy atom. The summed E-state index contributed by atoms with van der Waals surface area (Å²) in [5.41, 5.74) is 7.10. The van der Waals surface area contributed by atoms with Crippen molar-refractivity contribution in [2.45, 2.75) is 103 Å². The van der Waals surface area contributed by atoms with Gasteiger partial charge in [-0.2, -0.15) is 0 Å². The van der Waals surface area contributed by atoms with Gasteiger partial charge in [-0.3, -0.25) is 24.4 Å². The van der Waals surface area contributed by atoms with Gasteiger partial charge in [-0.15, -0.1) is 0 Å². The lowest BCUT2D eigenvalue weighted by molar-refractivity contribution is -0.129. The fraction of sp³-hybridized carbons (Fsp3) is 0.367. The van der Waals surface area contributed by atoms with Gasteiger partial charge in [0.2, 0.25) is 23.3 Å². The lowest BCUT2D eigenvalue weighted by atomic mass is 9.55. The average Bonchev–Trinajstić information content (AvgIpc) is 0.718. The van der Waals surface area contributed by atoms with Crippen molar-refractivity contribution in [3.63, 3.8) is 0 Å². The first-order valence-corrected chi connectivity index (χ1v) is 25.7. The molecular formula is C60H236F2N10O4. The van der Waals surface area contributed by atoms with E-state index in [2.05, 4.69) is 37.2 Å². The molecule has 16 heteroatoms. The lowest BCUT2D eigenvalue weighted by Crippen LogP contribution is -2.52. The minimum Gasteiger partial charge on any atom is -0.356 e. The van der Waals surface area contributed by atoms with Crippen LogP contribution in [-0.4, -0.2) is 72.4 Å². The third kappa shape index (κ3) is 10.0. The maximum absolute atomic E-state index is 15.1. The molecule has 10 rings (SSSR count). The molecule has 76 heavy (non-hydrogen) atoms. The minimum absolute atomic E-state index is 0.00692. The molecule has 2 N–H and O–H groups in total. The molecule has 2 aromatic carbocycles. The number of ketones is 2. The van der Waals surface area contributed by atoms with E-state index in [0.717, 1.165) is 51.5 Å². The first-order chi connectivity index (χ1) is 125.